The molecule has 2 rings (SSSR count). The summed E-state index contributed by atoms with van der Waals surface area (Å²) in [6, 6.07) is 7.49. The van der Waals surface area contributed by atoms with Crippen LogP contribution in [-0.4, -0.2) is 43.0 Å². The molecule has 0 saturated carbocycles. The highest BCUT2D eigenvalue weighted by atomic mass is 19.1. The molecule has 0 radical (unpaired) electrons. The number of hydrogen-bond donors (Lipinski definition) is 2. The summed E-state index contributed by atoms with van der Waals surface area (Å²) in [7, 11) is 3.98. The number of benzene rings is 1. The lowest BCUT2D eigenvalue weighted by Crippen LogP contribution is -2.21. The fourth-order valence-electron chi connectivity index (χ4n) is 1.85. The second-order valence-electron chi connectivity index (χ2n) is 5.16. The van der Waals surface area contributed by atoms with Gasteiger partial charge in [-0.1, -0.05) is 6.07 Å². The molecule has 0 saturated heterocycles. The summed E-state index contributed by atoms with van der Waals surface area (Å²) in [5.74, 6) is -0.718. The predicted molar refractivity (Wildman–Crippen MR) is 85.6 cm³/mol. The number of halogens is 1. The zero-order valence-electron chi connectivity index (χ0n) is 12.6. The third kappa shape index (κ3) is 4.82. The van der Waals surface area contributed by atoms with Crippen molar-refractivity contribution in [2.75, 3.05) is 37.8 Å². The van der Waals surface area contributed by atoms with Gasteiger partial charge < -0.3 is 15.5 Å². The van der Waals surface area contributed by atoms with Crippen LogP contribution in [0.15, 0.2) is 42.7 Å². The van der Waals surface area contributed by atoms with Crippen molar-refractivity contribution in [1.29, 1.82) is 0 Å². The molecule has 6 heteroatoms. The highest BCUT2D eigenvalue weighted by Gasteiger charge is 2.08. The number of carbonyl (C=O) groups is 1. The van der Waals surface area contributed by atoms with Crippen LogP contribution in [0.2, 0.25) is 0 Å². The lowest BCUT2D eigenvalue weighted by atomic mass is 10.2. The molecule has 22 heavy (non-hydrogen) atoms. The van der Waals surface area contributed by atoms with Gasteiger partial charge in [-0.2, -0.15) is 0 Å². The third-order valence-corrected chi connectivity index (χ3v) is 2.97. The van der Waals surface area contributed by atoms with Gasteiger partial charge in [-0.05, 0) is 38.4 Å². The lowest BCUT2D eigenvalue weighted by Gasteiger charge is -2.12. The van der Waals surface area contributed by atoms with Gasteiger partial charge in [0.1, 0.15) is 5.82 Å². The van der Waals surface area contributed by atoms with Gasteiger partial charge in [-0.3, -0.25) is 9.78 Å². The normalized spacial score (nSPS) is 10.5. The van der Waals surface area contributed by atoms with Crippen molar-refractivity contribution in [2.24, 2.45) is 0 Å². The van der Waals surface area contributed by atoms with Gasteiger partial charge in [0.2, 0.25) is 0 Å². The van der Waals surface area contributed by atoms with E-state index < -0.39 is 5.82 Å². The van der Waals surface area contributed by atoms with Crippen LogP contribution in [0.3, 0.4) is 0 Å². The van der Waals surface area contributed by atoms with Crippen LogP contribution in [0, 0.1) is 5.82 Å². The van der Waals surface area contributed by atoms with E-state index >= 15 is 0 Å². The largest absolute Gasteiger partial charge is 0.382 e. The standard InChI is InChI=1S/C16H19FN4O/c1-21(2)7-6-19-15-8-12(10-18-11-15)16(22)20-14-5-3-4-13(17)9-14/h3-5,8-11,19H,6-7H2,1-2H3,(H,20,22). The van der Waals surface area contributed by atoms with Crippen molar-refractivity contribution in [1.82, 2.24) is 9.88 Å². The predicted octanol–water partition coefficient (Wildman–Crippen LogP) is 2.45. The first kappa shape index (κ1) is 15.9. The Morgan fingerprint density at radius 2 is 2.05 bits per heavy atom. The highest BCUT2D eigenvalue weighted by molar-refractivity contribution is 6.04. The molecule has 0 unspecified atom stereocenters. The fraction of sp³-hybridized carbons (Fsp3) is 0.250. The monoisotopic (exact) mass is 302 g/mol. The van der Waals surface area contributed by atoms with E-state index in [1.165, 1.54) is 18.3 Å². The molecule has 0 aliphatic carbocycles. The minimum atomic E-state index is -0.393. The van der Waals surface area contributed by atoms with E-state index in [9.17, 15) is 9.18 Å². The molecular weight excluding hydrogens is 283 g/mol. The van der Waals surface area contributed by atoms with Crippen molar-refractivity contribution >= 4 is 17.3 Å². The lowest BCUT2D eigenvalue weighted by molar-refractivity contribution is 0.102. The van der Waals surface area contributed by atoms with E-state index in [0.29, 0.717) is 11.3 Å². The van der Waals surface area contributed by atoms with Crippen LogP contribution in [0.25, 0.3) is 0 Å². The van der Waals surface area contributed by atoms with E-state index in [1.807, 2.05) is 14.1 Å². The number of aromatic nitrogens is 1. The van der Waals surface area contributed by atoms with Crippen molar-refractivity contribution in [3.8, 4) is 0 Å². The molecular formula is C16H19FN4O. The number of anilines is 2. The Hall–Kier alpha value is -2.47. The molecule has 0 aliphatic rings. The number of rotatable bonds is 6. The summed E-state index contributed by atoms with van der Waals surface area (Å²) in [6.45, 7) is 1.63. The van der Waals surface area contributed by atoms with E-state index in [-0.39, 0.29) is 5.91 Å². The summed E-state index contributed by atoms with van der Waals surface area (Å²) in [5, 5.41) is 5.85. The molecule has 1 aromatic carbocycles. The van der Waals surface area contributed by atoms with Crippen LogP contribution in [0.5, 0.6) is 0 Å². The van der Waals surface area contributed by atoms with E-state index in [2.05, 4.69) is 20.5 Å². The Bertz CT molecular complexity index is 646. The summed E-state index contributed by atoms with van der Waals surface area (Å²) in [4.78, 5) is 18.3. The van der Waals surface area contributed by atoms with E-state index in [0.717, 1.165) is 18.8 Å². The van der Waals surface area contributed by atoms with Crippen LogP contribution < -0.4 is 10.6 Å². The maximum Gasteiger partial charge on any atom is 0.257 e. The SMILES string of the molecule is CN(C)CCNc1cncc(C(=O)Nc2cccc(F)c2)c1. The Balaban J connectivity index is 2.00. The summed E-state index contributed by atoms with van der Waals surface area (Å²) >= 11 is 0. The van der Waals surface area contributed by atoms with Crippen molar-refractivity contribution in [2.45, 2.75) is 0 Å². The minimum Gasteiger partial charge on any atom is -0.382 e. The first-order valence-electron chi connectivity index (χ1n) is 6.95. The molecule has 1 heterocycles. The Morgan fingerprint density at radius 3 is 2.77 bits per heavy atom. The molecule has 0 atom stereocenters. The van der Waals surface area contributed by atoms with Gasteiger partial charge >= 0.3 is 0 Å². The summed E-state index contributed by atoms with van der Waals surface area (Å²) < 4.78 is 13.1. The maximum atomic E-state index is 13.1. The number of nitrogens with one attached hydrogen (secondary N) is 2. The average molecular weight is 302 g/mol. The smallest absolute Gasteiger partial charge is 0.257 e. The molecule has 1 amide bonds. The number of amides is 1. The number of nitrogens with zero attached hydrogens (tertiary/aromatic N) is 2. The molecule has 116 valence electrons. The zero-order valence-corrected chi connectivity index (χ0v) is 12.6. The van der Waals surface area contributed by atoms with Gasteiger partial charge in [-0.15, -0.1) is 0 Å². The molecule has 5 nitrogen and oxygen atoms in total. The Labute approximate surface area is 129 Å². The first-order valence-corrected chi connectivity index (χ1v) is 6.95. The second-order valence-corrected chi connectivity index (χ2v) is 5.16. The highest BCUT2D eigenvalue weighted by Crippen LogP contribution is 2.13. The topological polar surface area (TPSA) is 57.3 Å². The molecule has 1 aromatic heterocycles. The maximum absolute atomic E-state index is 13.1. The number of carbonyl (C=O) groups excluding carboxylic acids is 1. The molecule has 0 aliphatic heterocycles. The van der Waals surface area contributed by atoms with Gasteiger partial charge in [0.05, 0.1) is 11.3 Å². The van der Waals surface area contributed by atoms with Crippen molar-refractivity contribution in [3.63, 3.8) is 0 Å². The third-order valence-electron chi connectivity index (χ3n) is 2.97. The molecule has 2 aromatic rings. The number of likely N-dealkylation sites (N-methyl/N-ethyl adjacent to an activating group) is 1. The van der Waals surface area contributed by atoms with Crippen LogP contribution in [0.1, 0.15) is 10.4 Å². The van der Waals surface area contributed by atoms with Crippen LogP contribution in [0.4, 0.5) is 15.8 Å². The Kier molecular flexibility index (Phi) is 5.43. The van der Waals surface area contributed by atoms with Crippen molar-refractivity contribution < 1.29 is 9.18 Å². The zero-order chi connectivity index (χ0) is 15.9. The van der Waals surface area contributed by atoms with Crippen LogP contribution >= 0.6 is 0 Å². The van der Waals surface area contributed by atoms with Gasteiger partial charge in [0.15, 0.2) is 0 Å². The van der Waals surface area contributed by atoms with E-state index in [4.69, 9.17) is 0 Å². The summed E-state index contributed by atoms with van der Waals surface area (Å²) in [6.07, 6.45) is 3.14. The molecule has 0 bridgehead atoms. The van der Waals surface area contributed by atoms with Crippen molar-refractivity contribution in [3.05, 3.63) is 54.1 Å². The first-order chi connectivity index (χ1) is 10.5. The van der Waals surface area contributed by atoms with Gasteiger partial charge in [-0.25, -0.2) is 4.39 Å². The fourth-order valence-corrected chi connectivity index (χ4v) is 1.85. The second kappa shape index (κ2) is 7.51. The molecule has 0 fully saturated rings. The molecule has 0 spiro atoms. The number of hydrogen-bond acceptors (Lipinski definition) is 4. The number of pyridine rings is 1. The molecule has 2 N–H and O–H groups in total. The van der Waals surface area contributed by atoms with Crippen LogP contribution in [-0.2, 0) is 0 Å². The van der Waals surface area contributed by atoms with E-state index in [1.54, 1.807) is 24.4 Å². The van der Waals surface area contributed by atoms with Gasteiger partial charge in [0, 0.05) is 31.2 Å². The quantitative estimate of drug-likeness (QED) is 0.860. The Morgan fingerprint density at radius 1 is 1.23 bits per heavy atom. The van der Waals surface area contributed by atoms with Gasteiger partial charge in [0.25, 0.3) is 5.91 Å². The minimum absolute atomic E-state index is 0.325. The summed E-state index contributed by atoms with van der Waals surface area (Å²) in [5.41, 5.74) is 1.60. The average Bonchev–Trinajstić information content (AvgIpc) is 2.47.